The van der Waals surface area contributed by atoms with E-state index in [1.807, 2.05) is 30.3 Å². The molecule has 0 spiro atoms. The zero-order valence-corrected chi connectivity index (χ0v) is 6.85. The molecule has 0 aliphatic rings. The summed E-state index contributed by atoms with van der Waals surface area (Å²) in [6, 6.07) is 9.64. The number of aliphatic hydroxyl groups is 2. The minimum absolute atomic E-state index is 0.000120. The summed E-state index contributed by atoms with van der Waals surface area (Å²) in [5.74, 6) is -0.0452. The van der Waals surface area contributed by atoms with Crippen LogP contribution >= 0.6 is 0 Å². The molecule has 0 fully saturated rings. The van der Waals surface area contributed by atoms with Crippen LogP contribution in [0.15, 0.2) is 30.3 Å². The van der Waals surface area contributed by atoms with Crippen molar-refractivity contribution < 1.29 is 10.2 Å². The van der Waals surface area contributed by atoms with E-state index in [1.54, 1.807) is 6.42 Å². The highest BCUT2D eigenvalue weighted by atomic mass is 16.3. The van der Waals surface area contributed by atoms with Crippen molar-refractivity contribution >= 4 is 0 Å². The Kier molecular flexibility index (Phi) is 3.77. The van der Waals surface area contributed by atoms with Crippen LogP contribution in [0.5, 0.6) is 0 Å². The fraction of sp³-hybridized carbons (Fsp3) is 0.300. The topological polar surface area (TPSA) is 40.5 Å². The Labute approximate surface area is 72.5 Å². The fourth-order valence-electron chi connectivity index (χ4n) is 1.14. The van der Waals surface area contributed by atoms with Gasteiger partial charge in [0.2, 0.25) is 0 Å². The van der Waals surface area contributed by atoms with Crippen LogP contribution in [0.25, 0.3) is 0 Å². The molecule has 1 atom stereocenters. The highest BCUT2D eigenvalue weighted by Crippen LogP contribution is 2.16. The van der Waals surface area contributed by atoms with Crippen molar-refractivity contribution in [1.29, 1.82) is 0 Å². The summed E-state index contributed by atoms with van der Waals surface area (Å²) < 4.78 is 0. The van der Waals surface area contributed by atoms with Gasteiger partial charge in [0.15, 0.2) is 0 Å². The Hall–Kier alpha value is -0.860. The van der Waals surface area contributed by atoms with Crippen LogP contribution in [0.2, 0.25) is 0 Å². The van der Waals surface area contributed by atoms with Crippen molar-refractivity contribution in [1.82, 2.24) is 0 Å². The molecule has 2 heteroatoms. The van der Waals surface area contributed by atoms with Crippen molar-refractivity contribution in [3.63, 3.8) is 0 Å². The van der Waals surface area contributed by atoms with Gasteiger partial charge in [-0.05, 0) is 12.0 Å². The van der Waals surface area contributed by atoms with Crippen molar-refractivity contribution in [2.24, 2.45) is 0 Å². The first kappa shape index (κ1) is 9.23. The van der Waals surface area contributed by atoms with Gasteiger partial charge in [0.05, 0.1) is 6.61 Å². The third-order valence-electron chi connectivity index (χ3n) is 1.81. The second kappa shape index (κ2) is 4.91. The molecule has 1 aromatic rings. The molecule has 0 heterocycles. The van der Waals surface area contributed by atoms with Crippen LogP contribution in [-0.2, 0) is 0 Å². The van der Waals surface area contributed by atoms with E-state index in [1.165, 1.54) is 0 Å². The van der Waals surface area contributed by atoms with Gasteiger partial charge < -0.3 is 10.2 Å². The zero-order chi connectivity index (χ0) is 8.81. The summed E-state index contributed by atoms with van der Waals surface area (Å²) >= 11 is 0. The van der Waals surface area contributed by atoms with Crippen molar-refractivity contribution in [2.45, 2.75) is 5.92 Å². The monoisotopic (exact) mass is 165 g/mol. The maximum absolute atomic E-state index is 8.97. The minimum atomic E-state index is -0.0452. The van der Waals surface area contributed by atoms with Gasteiger partial charge in [-0.2, -0.15) is 0 Å². The molecule has 0 amide bonds. The first-order valence-corrected chi connectivity index (χ1v) is 3.98. The summed E-state index contributed by atoms with van der Waals surface area (Å²) in [4.78, 5) is 0. The van der Waals surface area contributed by atoms with E-state index >= 15 is 0 Å². The number of aliphatic hydroxyl groups excluding tert-OH is 2. The van der Waals surface area contributed by atoms with E-state index in [9.17, 15) is 0 Å². The highest BCUT2D eigenvalue weighted by molar-refractivity contribution is 5.22. The predicted molar refractivity (Wildman–Crippen MR) is 47.7 cm³/mol. The molecule has 0 bridgehead atoms. The van der Waals surface area contributed by atoms with Crippen molar-refractivity contribution in [3.8, 4) is 0 Å². The van der Waals surface area contributed by atoms with Crippen molar-refractivity contribution in [3.05, 3.63) is 42.3 Å². The van der Waals surface area contributed by atoms with Crippen LogP contribution in [0.3, 0.4) is 0 Å². The van der Waals surface area contributed by atoms with E-state index in [0.29, 0.717) is 0 Å². The highest BCUT2D eigenvalue weighted by Gasteiger charge is 2.08. The number of hydrogen-bond donors (Lipinski definition) is 2. The average molecular weight is 165 g/mol. The Morgan fingerprint density at radius 1 is 1.17 bits per heavy atom. The number of rotatable bonds is 4. The number of hydrogen-bond acceptors (Lipinski definition) is 2. The van der Waals surface area contributed by atoms with Crippen molar-refractivity contribution in [2.75, 3.05) is 13.2 Å². The lowest BCUT2D eigenvalue weighted by molar-refractivity contribution is 0.256. The van der Waals surface area contributed by atoms with E-state index in [4.69, 9.17) is 10.2 Å². The van der Waals surface area contributed by atoms with E-state index in [2.05, 4.69) is 0 Å². The molecule has 1 aromatic carbocycles. The first-order valence-electron chi connectivity index (χ1n) is 3.98. The predicted octanol–water partition coefficient (Wildman–Crippen LogP) is 0.959. The summed E-state index contributed by atoms with van der Waals surface area (Å²) in [5.41, 5.74) is 1.04. The largest absolute Gasteiger partial charge is 0.396 e. The summed E-state index contributed by atoms with van der Waals surface area (Å²) in [7, 11) is 0. The van der Waals surface area contributed by atoms with Gasteiger partial charge in [-0.1, -0.05) is 30.3 Å². The molecule has 0 saturated heterocycles. The lowest BCUT2D eigenvalue weighted by Gasteiger charge is -2.11. The molecule has 1 unspecified atom stereocenters. The fourth-order valence-corrected chi connectivity index (χ4v) is 1.14. The normalized spacial score (nSPS) is 12.8. The van der Waals surface area contributed by atoms with E-state index < -0.39 is 0 Å². The molecule has 2 N–H and O–H groups in total. The Bertz CT molecular complexity index is 208. The quantitative estimate of drug-likeness (QED) is 0.697. The molecule has 0 aliphatic heterocycles. The zero-order valence-electron chi connectivity index (χ0n) is 6.85. The first-order chi connectivity index (χ1) is 5.88. The van der Waals surface area contributed by atoms with Crippen LogP contribution < -0.4 is 0 Å². The van der Waals surface area contributed by atoms with Crippen LogP contribution in [0, 0.1) is 6.42 Å². The molecule has 1 rings (SSSR count). The summed E-state index contributed by atoms with van der Waals surface area (Å²) in [6.45, 7) is 0.0463. The van der Waals surface area contributed by atoms with Gasteiger partial charge in [0.1, 0.15) is 0 Å². The maximum atomic E-state index is 8.97. The third-order valence-corrected chi connectivity index (χ3v) is 1.81. The molecule has 0 saturated carbocycles. The molecule has 0 aliphatic carbocycles. The molecule has 1 radical (unpaired) electrons. The molecule has 0 aromatic heterocycles. The van der Waals surface area contributed by atoms with Crippen LogP contribution in [0.1, 0.15) is 11.5 Å². The van der Waals surface area contributed by atoms with Gasteiger partial charge in [-0.3, -0.25) is 0 Å². The SMILES string of the molecule is OC[CH]C(CO)c1ccccc1. The molecule has 2 nitrogen and oxygen atoms in total. The van der Waals surface area contributed by atoms with Gasteiger partial charge in [0, 0.05) is 12.5 Å². The second-order valence-corrected chi connectivity index (χ2v) is 2.62. The van der Waals surface area contributed by atoms with E-state index in [-0.39, 0.29) is 19.1 Å². The Morgan fingerprint density at radius 3 is 2.33 bits per heavy atom. The summed E-state index contributed by atoms with van der Waals surface area (Å²) in [5, 5.41) is 17.6. The Balaban J connectivity index is 2.66. The second-order valence-electron chi connectivity index (χ2n) is 2.62. The Morgan fingerprint density at radius 2 is 1.83 bits per heavy atom. The molecular weight excluding hydrogens is 152 g/mol. The standard InChI is InChI=1S/C10H13O2/c11-7-6-10(8-12)9-4-2-1-3-5-9/h1-6,10-12H,7-8H2. The smallest absolute Gasteiger partial charge is 0.0503 e. The average Bonchev–Trinajstić information content (AvgIpc) is 2.15. The number of benzene rings is 1. The van der Waals surface area contributed by atoms with E-state index in [0.717, 1.165) is 5.56 Å². The molecule has 12 heavy (non-hydrogen) atoms. The summed E-state index contributed by atoms with van der Waals surface area (Å²) in [6.07, 6.45) is 1.69. The van der Waals surface area contributed by atoms with Gasteiger partial charge in [0.25, 0.3) is 0 Å². The van der Waals surface area contributed by atoms with Crippen LogP contribution in [0.4, 0.5) is 0 Å². The lowest BCUT2D eigenvalue weighted by atomic mass is 9.97. The molecule has 65 valence electrons. The van der Waals surface area contributed by atoms with Gasteiger partial charge in [-0.15, -0.1) is 0 Å². The molecular formula is C10H13O2. The maximum Gasteiger partial charge on any atom is 0.0503 e. The third kappa shape index (κ3) is 2.32. The minimum Gasteiger partial charge on any atom is -0.396 e. The lowest BCUT2D eigenvalue weighted by Crippen LogP contribution is -2.06. The van der Waals surface area contributed by atoms with Crippen LogP contribution in [-0.4, -0.2) is 23.4 Å². The van der Waals surface area contributed by atoms with Gasteiger partial charge in [-0.25, -0.2) is 0 Å². The van der Waals surface area contributed by atoms with Gasteiger partial charge >= 0.3 is 0 Å².